The molecule has 4 heterocycles. The monoisotopic (exact) mass is 428 g/mol. The third kappa shape index (κ3) is 3.21. The first-order valence-electron chi connectivity index (χ1n) is 9.33. The number of rotatable bonds is 6. The number of nitrogens with two attached hydrogens (primary N) is 1. The molecule has 0 spiro atoms. The summed E-state index contributed by atoms with van der Waals surface area (Å²) in [5.41, 5.74) is 11.4. The van der Waals surface area contributed by atoms with Crippen molar-refractivity contribution in [2.45, 2.75) is 23.0 Å². The topological polar surface area (TPSA) is 109 Å². The second-order valence-electron chi connectivity index (χ2n) is 7.18. The number of thiophene rings is 1. The number of fused-ring (bicyclic) bond motifs is 2. The van der Waals surface area contributed by atoms with E-state index in [2.05, 4.69) is 21.4 Å². The zero-order chi connectivity index (χ0) is 20.1. The molecule has 5 rings (SSSR count). The summed E-state index contributed by atoms with van der Waals surface area (Å²) in [7, 11) is 2.22. The molecule has 1 fully saturated rings. The van der Waals surface area contributed by atoms with Gasteiger partial charge in [0.05, 0.1) is 34.5 Å². The first-order valence-corrected chi connectivity index (χ1v) is 11.5. The van der Waals surface area contributed by atoms with E-state index in [-0.39, 0.29) is 0 Å². The molecule has 0 saturated heterocycles. The molecule has 4 aromatic rings. The molecular formula is C19H20N6O2S2. The van der Waals surface area contributed by atoms with Crippen molar-refractivity contribution in [3.63, 3.8) is 0 Å². The molecule has 8 nitrogen and oxygen atoms in total. The van der Waals surface area contributed by atoms with Gasteiger partial charge in [-0.2, -0.15) is 0 Å². The van der Waals surface area contributed by atoms with Crippen molar-refractivity contribution in [1.82, 2.24) is 25.0 Å². The number of ether oxygens (including phenoxy) is 1. The van der Waals surface area contributed by atoms with Gasteiger partial charge in [-0.3, -0.25) is 4.21 Å². The molecule has 0 amide bonds. The van der Waals surface area contributed by atoms with E-state index in [0.717, 1.165) is 45.5 Å². The van der Waals surface area contributed by atoms with Crippen molar-refractivity contribution in [2.75, 3.05) is 25.2 Å². The Morgan fingerprint density at radius 2 is 2.21 bits per heavy atom. The van der Waals surface area contributed by atoms with Gasteiger partial charge < -0.3 is 10.5 Å². The summed E-state index contributed by atoms with van der Waals surface area (Å²) in [6.07, 6.45) is 4.07. The molecule has 0 aromatic carbocycles. The summed E-state index contributed by atoms with van der Waals surface area (Å²) in [5.74, 6) is 0.900. The van der Waals surface area contributed by atoms with Crippen molar-refractivity contribution in [1.29, 1.82) is 0 Å². The number of pyridine rings is 2. The van der Waals surface area contributed by atoms with E-state index in [9.17, 15) is 4.21 Å². The number of nitrogen functional groups attached to an aromatic ring is 1. The van der Waals surface area contributed by atoms with Crippen LogP contribution in [0, 0.1) is 0 Å². The van der Waals surface area contributed by atoms with Gasteiger partial charge in [-0.1, -0.05) is 5.21 Å². The van der Waals surface area contributed by atoms with Crippen molar-refractivity contribution < 1.29 is 8.95 Å². The Balaban J connectivity index is 1.65. The molecule has 1 aliphatic carbocycles. The molecule has 29 heavy (non-hydrogen) atoms. The Bertz CT molecular complexity index is 1260. The second-order valence-corrected chi connectivity index (χ2v) is 9.94. The molecule has 1 aliphatic rings. The highest BCUT2D eigenvalue weighted by atomic mass is 32.2. The van der Waals surface area contributed by atoms with Gasteiger partial charge in [0.25, 0.3) is 0 Å². The lowest BCUT2D eigenvalue weighted by Crippen LogP contribution is -2.04. The smallest absolute Gasteiger partial charge is 0.178 e. The van der Waals surface area contributed by atoms with Gasteiger partial charge >= 0.3 is 0 Å². The molecule has 2 N–H and O–H groups in total. The molecule has 0 aliphatic heterocycles. The third-order valence-electron chi connectivity index (χ3n) is 5.13. The molecule has 1 saturated carbocycles. The summed E-state index contributed by atoms with van der Waals surface area (Å²) in [6, 6.07) is 4.05. The van der Waals surface area contributed by atoms with Crippen LogP contribution in [0.1, 0.15) is 24.3 Å². The SMILES string of the molecule is COCCS(=O)c1sc2nc(-c3cnc4c(c3)nnn4C)cc(C3CC3)c2c1N. The summed E-state index contributed by atoms with van der Waals surface area (Å²) < 4.78 is 20.1. The number of nitrogens with zero attached hydrogens (tertiary/aromatic N) is 5. The number of hydrogen-bond acceptors (Lipinski definition) is 8. The van der Waals surface area contributed by atoms with Crippen LogP contribution in [0.25, 0.3) is 32.6 Å². The van der Waals surface area contributed by atoms with Crippen molar-refractivity contribution in [2.24, 2.45) is 7.05 Å². The molecule has 0 bridgehead atoms. The standard InChI is InChI=1S/C19H20N6O2S2/c1-25-17-14(23-24-25)7-11(9-21-17)13-8-12(10-3-4-10)15-16(20)19(28-18(15)22-13)29(26)6-5-27-2/h7-10H,3-6,20H2,1-2H3. The van der Waals surface area contributed by atoms with Crippen molar-refractivity contribution in [3.05, 3.63) is 23.9 Å². The van der Waals surface area contributed by atoms with Crippen LogP contribution >= 0.6 is 11.3 Å². The third-order valence-corrected chi connectivity index (χ3v) is 8.00. The van der Waals surface area contributed by atoms with Gasteiger partial charge in [0.15, 0.2) is 5.65 Å². The highest BCUT2D eigenvalue weighted by Gasteiger charge is 2.30. The Morgan fingerprint density at radius 1 is 1.38 bits per heavy atom. The molecular weight excluding hydrogens is 408 g/mol. The number of anilines is 1. The van der Waals surface area contributed by atoms with E-state index < -0.39 is 10.8 Å². The fourth-order valence-electron chi connectivity index (χ4n) is 3.48. The summed E-state index contributed by atoms with van der Waals surface area (Å²) in [5, 5.41) is 9.13. The Kier molecular flexibility index (Phi) is 4.56. The van der Waals surface area contributed by atoms with Crippen LogP contribution in [0.2, 0.25) is 0 Å². The summed E-state index contributed by atoms with van der Waals surface area (Å²) >= 11 is 1.41. The number of aryl methyl sites for hydroxylation is 1. The van der Waals surface area contributed by atoms with Gasteiger partial charge in [0.1, 0.15) is 14.6 Å². The maximum Gasteiger partial charge on any atom is 0.178 e. The highest BCUT2D eigenvalue weighted by Crippen LogP contribution is 2.48. The largest absolute Gasteiger partial charge is 0.396 e. The fraction of sp³-hybridized carbons (Fsp3) is 0.368. The molecule has 10 heteroatoms. The van der Waals surface area contributed by atoms with Crippen LogP contribution in [-0.4, -0.2) is 48.6 Å². The van der Waals surface area contributed by atoms with E-state index in [1.54, 1.807) is 18.0 Å². The van der Waals surface area contributed by atoms with E-state index in [1.165, 1.54) is 16.9 Å². The van der Waals surface area contributed by atoms with Gasteiger partial charge in [0, 0.05) is 31.3 Å². The summed E-state index contributed by atoms with van der Waals surface area (Å²) in [6.45, 7) is 0.429. The number of aromatic nitrogens is 5. The normalized spacial score (nSPS) is 15.4. The molecule has 150 valence electrons. The summed E-state index contributed by atoms with van der Waals surface area (Å²) in [4.78, 5) is 10.2. The van der Waals surface area contributed by atoms with Crippen LogP contribution < -0.4 is 5.73 Å². The molecule has 1 atom stereocenters. The predicted molar refractivity (Wildman–Crippen MR) is 114 cm³/mol. The number of methoxy groups -OCH3 is 1. The second kappa shape index (κ2) is 7.12. The highest BCUT2D eigenvalue weighted by molar-refractivity contribution is 7.87. The Labute approximate surface area is 173 Å². The zero-order valence-corrected chi connectivity index (χ0v) is 17.7. The van der Waals surface area contributed by atoms with Crippen LogP contribution in [0.3, 0.4) is 0 Å². The minimum absolute atomic E-state index is 0.423. The van der Waals surface area contributed by atoms with Gasteiger partial charge in [0.2, 0.25) is 0 Å². The van der Waals surface area contributed by atoms with E-state index in [4.69, 9.17) is 15.5 Å². The van der Waals surface area contributed by atoms with E-state index >= 15 is 0 Å². The van der Waals surface area contributed by atoms with Gasteiger partial charge in [-0.25, -0.2) is 14.6 Å². The van der Waals surface area contributed by atoms with E-state index in [0.29, 0.717) is 28.2 Å². The molecule has 1 unspecified atom stereocenters. The maximum atomic E-state index is 12.7. The van der Waals surface area contributed by atoms with Crippen LogP contribution in [0.4, 0.5) is 5.69 Å². The first kappa shape index (κ1) is 18.6. The molecule has 4 aromatic heterocycles. The molecule has 0 radical (unpaired) electrons. The minimum atomic E-state index is -1.20. The average Bonchev–Trinajstić information content (AvgIpc) is 3.44. The van der Waals surface area contributed by atoms with E-state index in [1.807, 2.05) is 13.1 Å². The zero-order valence-electron chi connectivity index (χ0n) is 16.1. The average molecular weight is 429 g/mol. The minimum Gasteiger partial charge on any atom is -0.396 e. The van der Waals surface area contributed by atoms with Crippen LogP contribution in [-0.2, 0) is 22.6 Å². The fourth-order valence-corrected chi connectivity index (χ4v) is 6.05. The van der Waals surface area contributed by atoms with Gasteiger partial charge in [-0.05, 0) is 36.5 Å². The lowest BCUT2D eigenvalue weighted by atomic mass is 10.0. The first-order chi connectivity index (χ1) is 14.1. The maximum absolute atomic E-state index is 12.7. The van der Waals surface area contributed by atoms with Crippen LogP contribution in [0.5, 0.6) is 0 Å². The predicted octanol–water partition coefficient (Wildman–Crippen LogP) is 2.85. The lowest BCUT2D eigenvalue weighted by molar-refractivity contribution is 0.218. The lowest BCUT2D eigenvalue weighted by Gasteiger charge is -2.07. The van der Waals surface area contributed by atoms with Crippen LogP contribution in [0.15, 0.2) is 22.5 Å². The van der Waals surface area contributed by atoms with Crippen molar-refractivity contribution >= 4 is 49.2 Å². The number of hydrogen-bond donors (Lipinski definition) is 1. The Hall–Kier alpha value is -2.43. The quantitative estimate of drug-likeness (QED) is 0.503. The Morgan fingerprint density at radius 3 is 2.97 bits per heavy atom. The van der Waals surface area contributed by atoms with Crippen molar-refractivity contribution in [3.8, 4) is 11.3 Å². The van der Waals surface area contributed by atoms with Gasteiger partial charge in [-0.15, -0.1) is 16.4 Å².